The number of carbonyl (C=O) groups is 1. The van der Waals surface area contributed by atoms with Gasteiger partial charge in [0.25, 0.3) is 11.5 Å². The highest BCUT2D eigenvalue weighted by molar-refractivity contribution is 5.93. The fourth-order valence-corrected chi connectivity index (χ4v) is 2.76. The summed E-state index contributed by atoms with van der Waals surface area (Å²) in [6, 6.07) is 3.64. The van der Waals surface area contributed by atoms with Crippen LogP contribution in [0.15, 0.2) is 29.3 Å². The van der Waals surface area contributed by atoms with Crippen molar-refractivity contribution in [3.63, 3.8) is 0 Å². The lowest BCUT2D eigenvalue weighted by Gasteiger charge is -2.22. The number of aromatic nitrogens is 2. The zero-order valence-electron chi connectivity index (χ0n) is 13.0. The molecule has 2 aromatic heterocycles. The van der Waals surface area contributed by atoms with Crippen LogP contribution in [0.3, 0.4) is 0 Å². The summed E-state index contributed by atoms with van der Waals surface area (Å²) in [5, 5.41) is 6.16. The predicted octanol–water partition coefficient (Wildman–Crippen LogP) is 1.15. The van der Waals surface area contributed by atoms with E-state index in [9.17, 15) is 9.59 Å². The monoisotopic (exact) mass is 336 g/mol. The zero-order chi connectivity index (χ0) is 15.5. The van der Waals surface area contributed by atoms with E-state index in [0.29, 0.717) is 18.1 Å². The summed E-state index contributed by atoms with van der Waals surface area (Å²) < 4.78 is 1.41. The van der Waals surface area contributed by atoms with Gasteiger partial charge < -0.3 is 10.6 Å². The molecule has 0 saturated carbocycles. The molecule has 1 saturated heterocycles. The van der Waals surface area contributed by atoms with Crippen LogP contribution >= 0.6 is 12.4 Å². The lowest BCUT2D eigenvalue weighted by Crippen LogP contribution is -2.39. The first kappa shape index (κ1) is 17.4. The number of carbonyl (C=O) groups excluding carboxylic acids is 1. The Kier molecular flexibility index (Phi) is 5.74. The lowest BCUT2D eigenvalue weighted by atomic mass is 10.00. The molecule has 124 valence electrons. The Morgan fingerprint density at radius 2 is 2.35 bits per heavy atom. The molecule has 3 heterocycles. The van der Waals surface area contributed by atoms with Crippen LogP contribution in [0.2, 0.25) is 0 Å². The molecule has 0 bridgehead atoms. The Balaban J connectivity index is 0.00000192. The topological polar surface area (TPSA) is 75.5 Å². The van der Waals surface area contributed by atoms with E-state index >= 15 is 0 Å². The minimum Gasteiger partial charge on any atom is -0.351 e. The first-order valence-electron chi connectivity index (χ1n) is 7.62. The van der Waals surface area contributed by atoms with Crippen LogP contribution in [0.5, 0.6) is 0 Å². The van der Waals surface area contributed by atoms with Crippen molar-refractivity contribution in [1.29, 1.82) is 0 Å². The summed E-state index contributed by atoms with van der Waals surface area (Å²) >= 11 is 0. The van der Waals surface area contributed by atoms with E-state index in [-0.39, 0.29) is 29.4 Å². The van der Waals surface area contributed by atoms with E-state index in [1.165, 1.54) is 10.6 Å². The number of piperidine rings is 1. The van der Waals surface area contributed by atoms with Gasteiger partial charge in [-0.2, -0.15) is 0 Å². The molecule has 7 heteroatoms. The number of hydrogen-bond acceptors (Lipinski definition) is 4. The maximum atomic E-state index is 12.4. The molecule has 1 aliphatic heterocycles. The quantitative estimate of drug-likeness (QED) is 0.881. The van der Waals surface area contributed by atoms with Gasteiger partial charge in [-0.25, -0.2) is 4.98 Å². The number of nitrogens with zero attached hydrogens (tertiary/aromatic N) is 2. The van der Waals surface area contributed by atoms with Crippen LogP contribution in [0, 0.1) is 12.8 Å². The molecule has 0 spiro atoms. The molecule has 1 fully saturated rings. The maximum Gasteiger partial charge on any atom is 0.270 e. The smallest absolute Gasteiger partial charge is 0.270 e. The summed E-state index contributed by atoms with van der Waals surface area (Å²) in [4.78, 5) is 28.8. The average molecular weight is 337 g/mol. The third-order valence-electron chi connectivity index (χ3n) is 4.06. The fourth-order valence-electron chi connectivity index (χ4n) is 2.76. The standard InChI is InChI=1S/C16H20N4O2.ClH/c1-11-4-6-20-14(7-11)18-10-13(16(20)22)15(21)19-9-12-3-2-5-17-8-12;/h4,6-7,10,12,17H,2-3,5,8-9H2,1H3,(H,19,21);1H. The third kappa shape index (κ3) is 3.89. The van der Waals surface area contributed by atoms with Crippen molar-refractivity contribution in [3.05, 3.63) is 46.0 Å². The van der Waals surface area contributed by atoms with Crippen molar-refractivity contribution in [1.82, 2.24) is 20.0 Å². The maximum absolute atomic E-state index is 12.4. The van der Waals surface area contributed by atoms with Crippen LogP contribution in [0.25, 0.3) is 5.65 Å². The molecule has 1 unspecified atom stereocenters. The van der Waals surface area contributed by atoms with Gasteiger partial charge in [-0.05, 0) is 56.5 Å². The van der Waals surface area contributed by atoms with E-state index in [4.69, 9.17) is 0 Å². The number of pyridine rings is 1. The molecule has 6 nitrogen and oxygen atoms in total. The molecule has 23 heavy (non-hydrogen) atoms. The summed E-state index contributed by atoms with van der Waals surface area (Å²) in [5.74, 6) is 0.0783. The summed E-state index contributed by atoms with van der Waals surface area (Å²) in [6.07, 6.45) is 5.25. The molecular formula is C16H21ClN4O2. The Hall–Kier alpha value is -1.92. The molecule has 3 rings (SSSR count). The third-order valence-corrected chi connectivity index (χ3v) is 4.06. The minimum absolute atomic E-state index is 0. The highest BCUT2D eigenvalue weighted by atomic mass is 35.5. The number of hydrogen-bond donors (Lipinski definition) is 2. The number of aryl methyl sites for hydroxylation is 1. The van der Waals surface area contributed by atoms with Gasteiger partial charge in [0, 0.05) is 18.9 Å². The van der Waals surface area contributed by atoms with Gasteiger partial charge in [-0.1, -0.05) is 0 Å². The van der Waals surface area contributed by atoms with E-state index in [0.717, 1.165) is 31.5 Å². The van der Waals surface area contributed by atoms with Crippen molar-refractivity contribution in [2.75, 3.05) is 19.6 Å². The Morgan fingerprint density at radius 3 is 3.09 bits per heavy atom. The molecule has 1 atom stereocenters. The molecule has 0 aliphatic carbocycles. The molecular weight excluding hydrogens is 316 g/mol. The predicted molar refractivity (Wildman–Crippen MR) is 91.4 cm³/mol. The molecule has 0 radical (unpaired) electrons. The van der Waals surface area contributed by atoms with Crippen molar-refractivity contribution in [3.8, 4) is 0 Å². The molecule has 2 N–H and O–H groups in total. The highest BCUT2D eigenvalue weighted by Crippen LogP contribution is 2.08. The molecule has 0 aromatic carbocycles. The summed E-state index contributed by atoms with van der Waals surface area (Å²) in [5.41, 5.74) is 1.33. The van der Waals surface area contributed by atoms with Gasteiger partial charge in [0.05, 0.1) is 0 Å². The van der Waals surface area contributed by atoms with Crippen LogP contribution < -0.4 is 16.2 Å². The van der Waals surface area contributed by atoms with E-state index in [2.05, 4.69) is 15.6 Å². The van der Waals surface area contributed by atoms with Gasteiger partial charge in [0.15, 0.2) is 0 Å². The average Bonchev–Trinajstić information content (AvgIpc) is 2.54. The van der Waals surface area contributed by atoms with Crippen LogP contribution in [0.4, 0.5) is 0 Å². The van der Waals surface area contributed by atoms with Gasteiger partial charge >= 0.3 is 0 Å². The van der Waals surface area contributed by atoms with Gasteiger partial charge in [0.2, 0.25) is 0 Å². The van der Waals surface area contributed by atoms with Gasteiger partial charge in [-0.15, -0.1) is 12.4 Å². The second kappa shape index (κ2) is 7.57. The molecule has 2 aromatic rings. The molecule has 1 amide bonds. The van der Waals surface area contributed by atoms with Crippen LogP contribution in [-0.4, -0.2) is 34.9 Å². The number of nitrogens with one attached hydrogen (secondary N) is 2. The Labute approximate surface area is 140 Å². The second-order valence-electron chi connectivity index (χ2n) is 5.83. The first-order chi connectivity index (χ1) is 10.6. The van der Waals surface area contributed by atoms with Gasteiger partial charge in [-0.3, -0.25) is 14.0 Å². The van der Waals surface area contributed by atoms with Crippen LogP contribution in [-0.2, 0) is 0 Å². The summed E-state index contributed by atoms with van der Waals surface area (Å²) in [7, 11) is 0. The lowest BCUT2D eigenvalue weighted by molar-refractivity contribution is 0.0943. The van der Waals surface area contributed by atoms with Crippen molar-refractivity contribution in [2.45, 2.75) is 19.8 Å². The number of halogens is 1. The van der Waals surface area contributed by atoms with Crippen molar-refractivity contribution in [2.24, 2.45) is 5.92 Å². The van der Waals surface area contributed by atoms with Crippen molar-refractivity contribution >= 4 is 24.0 Å². The van der Waals surface area contributed by atoms with E-state index < -0.39 is 0 Å². The highest BCUT2D eigenvalue weighted by Gasteiger charge is 2.17. The van der Waals surface area contributed by atoms with Crippen molar-refractivity contribution < 1.29 is 4.79 Å². The normalized spacial score (nSPS) is 17.5. The number of amides is 1. The number of rotatable bonds is 3. The van der Waals surface area contributed by atoms with E-state index in [1.807, 2.05) is 19.1 Å². The summed E-state index contributed by atoms with van der Waals surface area (Å²) in [6.45, 7) is 4.47. The SMILES string of the molecule is Cc1ccn2c(=O)c(C(=O)NCC3CCCNC3)cnc2c1.Cl. The fraction of sp³-hybridized carbons (Fsp3) is 0.438. The van der Waals surface area contributed by atoms with E-state index in [1.54, 1.807) is 6.20 Å². The van der Waals surface area contributed by atoms with Crippen LogP contribution in [0.1, 0.15) is 28.8 Å². The number of fused-ring (bicyclic) bond motifs is 1. The Bertz CT molecular complexity index is 753. The van der Waals surface area contributed by atoms with Gasteiger partial charge in [0.1, 0.15) is 11.2 Å². The second-order valence-corrected chi connectivity index (χ2v) is 5.83. The minimum atomic E-state index is -0.349. The first-order valence-corrected chi connectivity index (χ1v) is 7.62. The largest absolute Gasteiger partial charge is 0.351 e. The zero-order valence-corrected chi connectivity index (χ0v) is 13.9. The molecule has 1 aliphatic rings. The Morgan fingerprint density at radius 1 is 1.52 bits per heavy atom.